The number of aromatic hydroxyl groups is 1. The van der Waals surface area contributed by atoms with Crippen molar-refractivity contribution in [3.8, 4) is 5.75 Å². The Morgan fingerprint density at radius 1 is 0.932 bits per heavy atom. The second-order valence-corrected chi connectivity index (χ2v) is 13.6. The molecule has 1 atom stereocenters. The fourth-order valence-electron chi connectivity index (χ4n) is 6.79. The molecule has 13 heteroatoms. The number of hydrogen-bond acceptors (Lipinski definition) is 6. The van der Waals surface area contributed by atoms with Crippen LogP contribution in [0.3, 0.4) is 0 Å². The number of halogens is 2. The Labute approximate surface area is 272 Å². The molecular weight excluding hydrogens is 696 g/mol. The summed E-state index contributed by atoms with van der Waals surface area (Å²) in [5.41, 5.74) is 2.35. The average molecular weight is 734 g/mol. The maximum Gasteiger partial charge on any atom is 0.326 e. The minimum Gasteiger partial charge on any atom is -0.506 e. The smallest absolute Gasteiger partial charge is 0.326 e. The van der Waals surface area contributed by atoms with E-state index in [9.17, 15) is 19.5 Å². The molecule has 3 aliphatic heterocycles. The van der Waals surface area contributed by atoms with Crippen molar-refractivity contribution in [1.82, 2.24) is 29.6 Å². The fourth-order valence-corrected chi connectivity index (χ4v) is 8.07. The van der Waals surface area contributed by atoms with Gasteiger partial charge in [-0.1, -0.05) is 12.1 Å². The van der Waals surface area contributed by atoms with Gasteiger partial charge in [0.05, 0.1) is 33.2 Å². The standard InChI is InChI=1S/C31H38Br2N6O5/c32-23-17-20(18-24(33)28(23)40)19-26(29(41)37-9-5-21(6-10-37)36-13-15-44-16-14-36)35-30(42)38-11-7-22(8-12-38)39-27-4-2-1-3-25(27)34-31(39)43/h1-4,17-18,21-22,26,40H,5-16,19H2,(H,34,43)(H,35,42)/t26-/m1/s1. The number of phenolic OH excluding ortho intramolecular Hbond substituents is 1. The lowest BCUT2D eigenvalue weighted by molar-refractivity contribution is -0.135. The van der Waals surface area contributed by atoms with Crippen LogP contribution in [0.4, 0.5) is 4.79 Å². The number of fused-ring (bicyclic) bond motifs is 1. The number of nitrogens with zero attached hydrogens (tertiary/aromatic N) is 4. The largest absolute Gasteiger partial charge is 0.506 e. The molecule has 3 aliphatic rings. The molecule has 0 unspecified atom stereocenters. The number of benzene rings is 2. The van der Waals surface area contributed by atoms with E-state index < -0.39 is 6.04 Å². The summed E-state index contributed by atoms with van der Waals surface area (Å²) in [6.45, 7) is 5.58. The number of carbonyl (C=O) groups excluding carboxylic acids is 2. The lowest BCUT2D eigenvalue weighted by Gasteiger charge is -2.41. The van der Waals surface area contributed by atoms with Gasteiger partial charge < -0.3 is 29.9 Å². The number of rotatable bonds is 6. The molecule has 3 aromatic rings. The number of urea groups is 1. The van der Waals surface area contributed by atoms with Crippen molar-refractivity contribution in [2.24, 2.45) is 0 Å². The Morgan fingerprint density at radius 2 is 1.55 bits per heavy atom. The van der Waals surface area contributed by atoms with Crippen LogP contribution in [0.5, 0.6) is 5.75 Å². The van der Waals surface area contributed by atoms with Gasteiger partial charge in [0.15, 0.2) is 0 Å². The highest BCUT2D eigenvalue weighted by molar-refractivity contribution is 9.11. The summed E-state index contributed by atoms with van der Waals surface area (Å²) in [5.74, 6) is -0.0117. The lowest BCUT2D eigenvalue weighted by atomic mass is 9.99. The Morgan fingerprint density at radius 3 is 2.23 bits per heavy atom. The first-order valence-electron chi connectivity index (χ1n) is 15.3. The van der Waals surface area contributed by atoms with Gasteiger partial charge in [0, 0.05) is 57.8 Å². The molecule has 0 spiro atoms. The van der Waals surface area contributed by atoms with Crippen LogP contribution in [0, 0.1) is 0 Å². The number of aromatic nitrogens is 2. The van der Waals surface area contributed by atoms with Gasteiger partial charge in [0.1, 0.15) is 11.8 Å². The van der Waals surface area contributed by atoms with Gasteiger partial charge in [-0.15, -0.1) is 0 Å². The summed E-state index contributed by atoms with van der Waals surface area (Å²) < 4.78 is 8.34. The van der Waals surface area contributed by atoms with Crippen molar-refractivity contribution in [3.05, 3.63) is 61.4 Å². The Kier molecular flexibility index (Phi) is 9.65. The number of phenols is 1. The van der Waals surface area contributed by atoms with E-state index in [2.05, 4.69) is 47.1 Å². The van der Waals surface area contributed by atoms with E-state index in [1.165, 1.54) is 0 Å². The zero-order valence-electron chi connectivity index (χ0n) is 24.5. The van der Waals surface area contributed by atoms with E-state index in [1.54, 1.807) is 21.6 Å². The molecule has 0 radical (unpaired) electrons. The van der Waals surface area contributed by atoms with Crippen LogP contribution >= 0.6 is 31.9 Å². The molecule has 1 aromatic heterocycles. The number of piperidine rings is 2. The second kappa shape index (κ2) is 13.6. The third-order valence-electron chi connectivity index (χ3n) is 9.19. The van der Waals surface area contributed by atoms with Crippen molar-refractivity contribution in [2.45, 2.75) is 50.2 Å². The van der Waals surface area contributed by atoms with E-state index >= 15 is 0 Å². The fraction of sp³-hybridized carbons (Fsp3) is 0.516. The van der Waals surface area contributed by atoms with Crippen LogP contribution in [0.25, 0.3) is 11.0 Å². The van der Waals surface area contributed by atoms with Crippen LogP contribution in [-0.2, 0) is 16.0 Å². The number of morpholine rings is 1. The highest BCUT2D eigenvalue weighted by atomic mass is 79.9. The molecule has 236 valence electrons. The van der Waals surface area contributed by atoms with Gasteiger partial charge in [-0.2, -0.15) is 0 Å². The first kappa shape index (κ1) is 31.1. The van der Waals surface area contributed by atoms with Gasteiger partial charge in [-0.05, 0) is 87.4 Å². The zero-order chi connectivity index (χ0) is 30.8. The molecule has 0 bridgehead atoms. The highest BCUT2D eigenvalue weighted by Gasteiger charge is 2.34. The average Bonchev–Trinajstić information content (AvgIpc) is 3.39. The lowest BCUT2D eigenvalue weighted by Crippen LogP contribution is -2.57. The quantitative estimate of drug-likeness (QED) is 0.354. The summed E-state index contributed by atoms with van der Waals surface area (Å²) in [5, 5.41) is 13.3. The molecule has 3 N–H and O–H groups in total. The maximum absolute atomic E-state index is 14.0. The number of aromatic amines is 1. The second-order valence-electron chi connectivity index (χ2n) is 11.9. The van der Waals surface area contributed by atoms with E-state index in [1.807, 2.05) is 29.2 Å². The number of nitrogens with one attached hydrogen (secondary N) is 2. The maximum atomic E-state index is 14.0. The predicted molar refractivity (Wildman–Crippen MR) is 174 cm³/mol. The predicted octanol–water partition coefficient (Wildman–Crippen LogP) is 3.84. The molecule has 4 heterocycles. The summed E-state index contributed by atoms with van der Waals surface area (Å²) >= 11 is 6.78. The van der Waals surface area contributed by atoms with E-state index in [0.717, 1.165) is 55.7 Å². The minimum atomic E-state index is -0.764. The minimum absolute atomic E-state index is 0.0143. The molecule has 0 saturated carbocycles. The summed E-state index contributed by atoms with van der Waals surface area (Å²) in [4.78, 5) is 49.3. The van der Waals surface area contributed by atoms with Crippen molar-refractivity contribution >= 4 is 54.8 Å². The van der Waals surface area contributed by atoms with E-state index in [-0.39, 0.29) is 35.8 Å². The van der Waals surface area contributed by atoms with Crippen molar-refractivity contribution in [1.29, 1.82) is 0 Å². The highest BCUT2D eigenvalue weighted by Crippen LogP contribution is 2.34. The Hall–Kier alpha value is -2.87. The topological polar surface area (TPSA) is 123 Å². The third kappa shape index (κ3) is 6.70. The van der Waals surface area contributed by atoms with Gasteiger partial charge in [0.25, 0.3) is 0 Å². The molecule has 2 aromatic carbocycles. The normalized spacial score (nSPS) is 19.8. The molecular formula is C31H38Br2N6O5. The molecule has 44 heavy (non-hydrogen) atoms. The van der Waals surface area contributed by atoms with E-state index in [0.29, 0.717) is 54.0 Å². The number of carbonyl (C=O) groups is 2. The van der Waals surface area contributed by atoms with Gasteiger partial charge in [-0.25, -0.2) is 9.59 Å². The number of H-pyrrole nitrogens is 1. The molecule has 3 fully saturated rings. The number of hydrogen-bond donors (Lipinski definition) is 3. The van der Waals surface area contributed by atoms with Gasteiger partial charge >= 0.3 is 11.7 Å². The molecule has 6 rings (SSSR count). The number of para-hydroxylation sites is 2. The van der Waals surface area contributed by atoms with Gasteiger partial charge in [0.2, 0.25) is 5.91 Å². The van der Waals surface area contributed by atoms with Crippen molar-refractivity contribution in [2.75, 3.05) is 52.5 Å². The van der Waals surface area contributed by atoms with Crippen LogP contribution in [0.15, 0.2) is 50.1 Å². The van der Waals surface area contributed by atoms with Crippen molar-refractivity contribution in [3.63, 3.8) is 0 Å². The molecule has 11 nitrogen and oxygen atoms in total. The zero-order valence-corrected chi connectivity index (χ0v) is 27.7. The van der Waals surface area contributed by atoms with E-state index in [4.69, 9.17) is 4.74 Å². The van der Waals surface area contributed by atoms with Crippen LogP contribution in [0.2, 0.25) is 0 Å². The molecule has 0 aliphatic carbocycles. The first-order chi connectivity index (χ1) is 21.3. The van der Waals surface area contributed by atoms with Crippen LogP contribution in [0.1, 0.15) is 37.3 Å². The first-order valence-corrected chi connectivity index (χ1v) is 16.9. The van der Waals surface area contributed by atoms with Crippen molar-refractivity contribution < 1.29 is 19.4 Å². The monoisotopic (exact) mass is 732 g/mol. The summed E-state index contributed by atoms with van der Waals surface area (Å²) in [6, 6.07) is 10.6. The molecule has 3 amide bonds. The number of imidazole rings is 1. The summed E-state index contributed by atoms with van der Waals surface area (Å²) in [6.07, 6.45) is 3.35. The van der Waals surface area contributed by atoms with Crippen LogP contribution in [-0.4, -0.2) is 106 Å². The SMILES string of the molecule is O=C(N[C@H](Cc1cc(Br)c(O)c(Br)c1)C(=O)N1CCC(N2CCOCC2)CC1)N1CCC(n2c(=O)[nH]c3ccccc32)CC1. The Balaban J connectivity index is 1.13. The number of amides is 3. The number of likely N-dealkylation sites (tertiary alicyclic amines) is 2. The third-order valence-corrected chi connectivity index (χ3v) is 10.4. The number of ether oxygens (including phenoxy) is 1. The van der Waals surface area contributed by atoms with Gasteiger partial charge in [-0.3, -0.25) is 14.3 Å². The molecule has 3 saturated heterocycles. The van der Waals surface area contributed by atoms with Crippen LogP contribution < -0.4 is 11.0 Å². The Bertz CT molecular complexity index is 1530. The summed E-state index contributed by atoms with van der Waals surface area (Å²) in [7, 11) is 0.